The van der Waals surface area contributed by atoms with Gasteiger partial charge in [0.2, 0.25) is 5.88 Å². The predicted octanol–water partition coefficient (Wildman–Crippen LogP) is 2.56. The van der Waals surface area contributed by atoms with Gasteiger partial charge in [-0.1, -0.05) is 30.3 Å². The summed E-state index contributed by atoms with van der Waals surface area (Å²) in [5.41, 5.74) is 1.62. The van der Waals surface area contributed by atoms with Crippen molar-refractivity contribution in [3.05, 3.63) is 59.8 Å². The minimum atomic E-state index is -0.639. The normalized spacial score (nSPS) is 12.1. The van der Waals surface area contributed by atoms with E-state index in [-0.39, 0.29) is 0 Å². The Morgan fingerprint density at radius 3 is 2.47 bits per heavy atom. The van der Waals surface area contributed by atoms with Crippen LogP contribution in [-0.2, 0) is 0 Å². The SMILES string of the molecule is CCOc1ccc([C@H](O)c2ccccc2)cn1. The van der Waals surface area contributed by atoms with Crippen molar-refractivity contribution in [2.75, 3.05) is 6.61 Å². The molecule has 2 aromatic rings. The Morgan fingerprint density at radius 1 is 1.12 bits per heavy atom. The van der Waals surface area contributed by atoms with Gasteiger partial charge in [-0.15, -0.1) is 0 Å². The third-order valence-corrected chi connectivity index (χ3v) is 2.48. The maximum absolute atomic E-state index is 10.1. The fourth-order valence-electron chi connectivity index (χ4n) is 1.61. The number of benzene rings is 1. The van der Waals surface area contributed by atoms with Gasteiger partial charge in [0.25, 0.3) is 0 Å². The van der Waals surface area contributed by atoms with Crippen molar-refractivity contribution >= 4 is 0 Å². The molecule has 0 spiro atoms. The van der Waals surface area contributed by atoms with Crippen LogP contribution in [0.5, 0.6) is 5.88 Å². The number of ether oxygens (including phenoxy) is 1. The molecule has 17 heavy (non-hydrogen) atoms. The van der Waals surface area contributed by atoms with Crippen molar-refractivity contribution in [2.24, 2.45) is 0 Å². The molecule has 1 N–H and O–H groups in total. The Balaban J connectivity index is 2.17. The largest absolute Gasteiger partial charge is 0.478 e. The number of pyridine rings is 1. The molecule has 3 heteroatoms. The van der Waals surface area contributed by atoms with Crippen molar-refractivity contribution in [1.82, 2.24) is 4.98 Å². The molecule has 0 aliphatic rings. The summed E-state index contributed by atoms with van der Waals surface area (Å²) < 4.78 is 5.25. The van der Waals surface area contributed by atoms with Crippen molar-refractivity contribution in [2.45, 2.75) is 13.0 Å². The van der Waals surface area contributed by atoms with Gasteiger partial charge in [0.05, 0.1) is 6.61 Å². The second-order valence-electron chi connectivity index (χ2n) is 3.68. The molecule has 1 aromatic carbocycles. The van der Waals surface area contributed by atoms with Gasteiger partial charge in [-0.2, -0.15) is 0 Å². The maximum atomic E-state index is 10.1. The molecule has 0 fully saturated rings. The van der Waals surface area contributed by atoms with Gasteiger partial charge < -0.3 is 9.84 Å². The first kappa shape index (κ1) is 11.6. The third-order valence-electron chi connectivity index (χ3n) is 2.48. The standard InChI is InChI=1S/C14H15NO2/c1-2-17-13-9-8-12(10-15-13)14(16)11-6-4-3-5-7-11/h3-10,14,16H,2H2,1H3/t14-/m1/s1. The average molecular weight is 229 g/mol. The zero-order valence-corrected chi connectivity index (χ0v) is 9.71. The predicted molar refractivity (Wildman–Crippen MR) is 65.9 cm³/mol. The van der Waals surface area contributed by atoms with E-state index in [0.717, 1.165) is 11.1 Å². The second kappa shape index (κ2) is 5.46. The highest BCUT2D eigenvalue weighted by Crippen LogP contribution is 2.21. The molecule has 3 nitrogen and oxygen atoms in total. The number of hydrogen-bond donors (Lipinski definition) is 1. The highest BCUT2D eigenvalue weighted by Gasteiger charge is 2.10. The zero-order valence-electron chi connectivity index (χ0n) is 9.71. The first-order valence-corrected chi connectivity index (χ1v) is 5.63. The van der Waals surface area contributed by atoms with Crippen LogP contribution in [0.25, 0.3) is 0 Å². The quantitative estimate of drug-likeness (QED) is 0.876. The van der Waals surface area contributed by atoms with Crippen LogP contribution in [0, 0.1) is 0 Å². The van der Waals surface area contributed by atoms with Crippen LogP contribution in [-0.4, -0.2) is 16.7 Å². The molecule has 0 amide bonds. The lowest BCUT2D eigenvalue weighted by Crippen LogP contribution is -2.01. The minimum Gasteiger partial charge on any atom is -0.478 e. The van der Waals surface area contributed by atoms with Crippen LogP contribution >= 0.6 is 0 Å². The van der Waals surface area contributed by atoms with Crippen molar-refractivity contribution in [3.63, 3.8) is 0 Å². The van der Waals surface area contributed by atoms with Gasteiger partial charge in [0, 0.05) is 17.8 Å². The molecule has 0 saturated carbocycles. The van der Waals surface area contributed by atoms with E-state index in [1.54, 1.807) is 12.3 Å². The van der Waals surface area contributed by atoms with Crippen LogP contribution in [0.2, 0.25) is 0 Å². The lowest BCUT2D eigenvalue weighted by molar-refractivity contribution is 0.219. The van der Waals surface area contributed by atoms with Crippen LogP contribution in [0.15, 0.2) is 48.7 Å². The van der Waals surface area contributed by atoms with Gasteiger partial charge in [0.1, 0.15) is 6.10 Å². The highest BCUT2D eigenvalue weighted by atomic mass is 16.5. The topological polar surface area (TPSA) is 42.4 Å². The fourth-order valence-corrected chi connectivity index (χ4v) is 1.61. The summed E-state index contributed by atoms with van der Waals surface area (Å²) in [6.45, 7) is 2.50. The summed E-state index contributed by atoms with van der Waals surface area (Å²) in [6.07, 6.45) is 1.00. The molecule has 1 aromatic heterocycles. The zero-order chi connectivity index (χ0) is 12.1. The highest BCUT2D eigenvalue weighted by molar-refractivity contribution is 5.29. The number of aliphatic hydroxyl groups is 1. The Bertz CT molecular complexity index is 453. The lowest BCUT2D eigenvalue weighted by atomic mass is 10.0. The summed E-state index contributed by atoms with van der Waals surface area (Å²) >= 11 is 0. The Labute approximate surface area is 101 Å². The number of aromatic nitrogens is 1. The molecule has 0 radical (unpaired) electrons. The van der Waals surface area contributed by atoms with Crippen molar-refractivity contribution in [3.8, 4) is 5.88 Å². The minimum absolute atomic E-state index is 0.580. The Hall–Kier alpha value is -1.87. The molecule has 88 valence electrons. The first-order valence-electron chi connectivity index (χ1n) is 5.63. The lowest BCUT2D eigenvalue weighted by Gasteiger charge is -2.11. The number of rotatable bonds is 4. The maximum Gasteiger partial charge on any atom is 0.213 e. The molecule has 0 unspecified atom stereocenters. The van der Waals surface area contributed by atoms with E-state index in [9.17, 15) is 5.11 Å². The van der Waals surface area contributed by atoms with Crippen LogP contribution in [0.3, 0.4) is 0 Å². The van der Waals surface area contributed by atoms with Gasteiger partial charge in [-0.25, -0.2) is 4.98 Å². The van der Waals surface area contributed by atoms with E-state index in [2.05, 4.69) is 4.98 Å². The monoisotopic (exact) mass is 229 g/mol. The third kappa shape index (κ3) is 2.82. The van der Waals surface area contributed by atoms with Gasteiger partial charge in [0.15, 0.2) is 0 Å². The second-order valence-corrected chi connectivity index (χ2v) is 3.68. The molecule has 0 saturated heterocycles. The van der Waals surface area contributed by atoms with E-state index in [1.165, 1.54) is 0 Å². The summed E-state index contributed by atoms with van der Waals surface area (Å²) in [6, 6.07) is 13.1. The van der Waals surface area contributed by atoms with E-state index >= 15 is 0 Å². The van der Waals surface area contributed by atoms with Crippen molar-refractivity contribution < 1.29 is 9.84 Å². The number of nitrogens with zero attached hydrogens (tertiary/aromatic N) is 1. The van der Waals surface area contributed by atoms with Crippen LogP contribution < -0.4 is 4.74 Å². The molecule has 0 aliphatic heterocycles. The van der Waals surface area contributed by atoms with Gasteiger partial charge >= 0.3 is 0 Å². The molecule has 0 bridgehead atoms. The average Bonchev–Trinajstić information content (AvgIpc) is 2.40. The smallest absolute Gasteiger partial charge is 0.213 e. The molecule has 0 aliphatic carbocycles. The Kier molecular flexibility index (Phi) is 3.73. The summed E-state index contributed by atoms with van der Waals surface area (Å²) in [7, 11) is 0. The van der Waals surface area contributed by atoms with E-state index in [1.807, 2.05) is 43.3 Å². The van der Waals surface area contributed by atoms with Crippen LogP contribution in [0.1, 0.15) is 24.2 Å². The Morgan fingerprint density at radius 2 is 1.88 bits per heavy atom. The van der Waals surface area contributed by atoms with E-state index in [4.69, 9.17) is 4.74 Å². The molecular formula is C14H15NO2. The van der Waals surface area contributed by atoms with Crippen LogP contribution in [0.4, 0.5) is 0 Å². The van der Waals surface area contributed by atoms with Gasteiger partial charge in [-0.05, 0) is 18.6 Å². The fraction of sp³-hybridized carbons (Fsp3) is 0.214. The molecular weight excluding hydrogens is 214 g/mol. The van der Waals surface area contributed by atoms with E-state index < -0.39 is 6.10 Å². The molecule has 2 rings (SSSR count). The summed E-state index contributed by atoms with van der Waals surface area (Å²) in [5, 5.41) is 10.1. The van der Waals surface area contributed by atoms with Crippen molar-refractivity contribution in [1.29, 1.82) is 0 Å². The molecule has 1 heterocycles. The van der Waals surface area contributed by atoms with Gasteiger partial charge in [-0.3, -0.25) is 0 Å². The van der Waals surface area contributed by atoms with E-state index in [0.29, 0.717) is 12.5 Å². The summed E-state index contributed by atoms with van der Waals surface area (Å²) in [4.78, 5) is 4.13. The number of aliphatic hydroxyl groups excluding tert-OH is 1. The summed E-state index contributed by atoms with van der Waals surface area (Å²) in [5.74, 6) is 0.580. The molecule has 1 atom stereocenters. The first-order chi connectivity index (χ1) is 8.31. The number of hydrogen-bond acceptors (Lipinski definition) is 3.